The smallest absolute Gasteiger partial charge is 0.228 e. The number of ether oxygens (including phenoxy) is 1. The first-order valence-electron chi connectivity index (χ1n) is 8.53. The van der Waals surface area contributed by atoms with Gasteiger partial charge in [0.2, 0.25) is 5.91 Å². The number of hydrogen-bond donors (Lipinski definition) is 2. The predicted molar refractivity (Wildman–Crippen MR) is 92.7 cm³/mol. The van der Waals surface area contributed by atoms with Crippen LogP contribution in [0.25, 0.3) is 0 Å². The molecule has 1 aromatic heterocycles. The van der Waals surface area contributed by atoms with Crippen molar-refractivity contribution in [2.75, 3.05) is 50.0 Å². The van der Waals surface area contributed by atoms with E-state index in [0.29, 0.717) is 5.82 Å². The summed E-state index contributed by atoms with van der Waals surface area (Å²) in [5.74, 6) is 0.722. The largest absolute Gasteiger partial charge is 0.383 e. The van der Waals surface area contributed by atoms with Crippen molar-refractivity contribution in [1.82, 2.24) is 9.88 Å². The highest BCUT2D eigenvalue weighted by molar-refractivity contribution is 5.91. The molecule has 1 aliphatic heterocycles. The Balaban J connectivity index is 1.74. The first kappa shape index (κ1) is 17.7. The normalized spacial score (nSPS) is 15.6. The number of nitrogens with one attached hydrogen (secondary N) is 2. The van der Waals surface area contributed by atoms with Crippen LogP contribution in [0.1, 0.15) is 26.7 Å². The van der Waals surface area contributed by atoms with E-state index in [1.165, 1.54) is 0 Å². The van der Waals surface area contributed by atoms with Gasteiger partial charge in [0.15, 0.2) is 0 Å². The lowest BCUT2D eigenvalue weighted by molar-refractivity contribution is -0.120. The van der Waals surface area contributed by atoms with Crippen LogP contribution < -0.4 is 10.6 Å². The Morgan fingerprint density at radius 2 is 2.04 bits per heavy atom. The number of morpholine rings is 1. The van der Waals surface area contributed by atoms with Gasteiger partial charge < -0.3 is 15.4 Å². The third kappa shape index (κ3) is 5.80. The van der Waals surface area contributed by atoms with Gasteiger partial charge in [0, 0.05) is 32.1 Å². The number of pyridine rings is 1. The fourth-order valence-electron chi connectivity index (χ4n) is 2.64. The summed E-state index contributed by atoms with van der Waals surface area (Å²) in [7, 11) is 0. The molecule has 6 heteroatoms. The molecule has 0 unspecified atom stereocenters. The van der Waals surface area contributed by atoms with E-state index < -0.39 is 0 Å². The molecule has 2 heterocycles. The zero-order valence-electron chi connectivity index (χ0n) is 14.2. The maximum Gasteiger partial charge on any atom is 0.228 e. The van der Waals surface area contributed by atoms with Gasteiger partial charge in [-0.25, -0.2) is 4.98 Å². The minimum Gasteiger partial charge on any atom is -0.383 e. The van der Waals surface area contributed by atoms with E-state index in [2.05, 4.69) is 20.5 Å². The molecule has 128 valence electrons. The molecule has 2 N–H and O–H groups in total. The van der Waals surface area contributed by atoms with Crippen molar-refractivity contribution in [3.63, 3.8) is 0 Å². The highest BCUT2D eigenvalue weighted by Gasteiger charge is 2.14. The van der Waals surface area contributed by atoms with E-state index in [9.17, 15) is 4.79 Å². The lowest BCUT2D eigenvalue weighted by Gasteiger charge is -2.26. The molecule has 1 fully saturated rings. The van der Waals surface area contributed by atoms with Crippen molar-refractivity contribution in [2.24, 2.45) is 5.92 Å². The summed E-state index contributed by atoms with van der Waals surface area (Å²) in [4.78, 5) is 18.7. The van der Waals surface area contributed by atoms with Gasteiger partial charge in [-0.15, -0.1) is 0 Å². The van der Waals surface area contributed by atoms with Crippen LogP contribution in [0, 0.1) is 5.92 Å². The SMILES string of the molecule is CCC(CC)C(=O)Nc1ccc(NCCN2CCOCC2)cn1. The molecule has 1 aromatic rings. The number of aromatic nitrogens is 1. The van der Waals surface area contributed by atoms with Gasteiger partial charge in [-0.05, 0) is 25.0 Å². The van der Waals surface area contributed by atoms with Gasteiger partial charge in [0.25, 0.3) is 0 Å². The minimum absolute atomic E-state index is 0.0514. The summed E-state index contributed by atoms with van der Waals surface area (Å²) in [5, 5.41) is 6.24. The quantitative estimate of drug-likeness (QED) is 0.769. The first-order chi connectivity index (χ1) is 11.2. The summed E-state index contributed by atoms with van der Waals surface area (Å²) in [6.07, 6.45) is 3.47. The Labute approximate surface area is 138 Å². The minimum atomic E-state index is 0.0514. The lowest BCUT2D eigenvalue weighted by Crippen LogP contribution is -2.39. The van der Waals surface area contributed by atoms with E-state index in [1.54, 1.807) is 6.20 Å². The molecule has 2 rings (SSSR count). The average molecular weight is 320 g/mol. The lowest BCUT2D eigenvalue weighted by atomic mass is 10.0. The maximum atomic E-state index is 12.0. The van der Waals surface area contributed by atoms with Crippen LogP contribution >= 0.6 is 0 Å². The molecule has 0 spiro atoms. The van der Waals surface area contributed by atoms with Crippen LogP contribution in [0.4, 0.5) is 11.5 Å². The summed E-state index contributed by atoms with van der Waals surface area (Å²) in [5.41, 5.74) is 0.971. The number of anilines is 2. The zero-order chi connectivity index (χ0) is 16.5. The molecule has 0 atom stereocenters. The highest BCUT2D eigenvalue weighted by Crippen LogP contribution is 2.13. The molecule has 0 bridgehead atoms. The molecule has 0 saturated carbocycles. The van der Waals surface area contributed by atoms with Crippen LogP contribution in [-0.4, -0.2) is 55.2 Å². The van der Waals surface area contributed by atoms with Crippen molar-refractivity contribution in [3.8, 4) is 0 Å². The van der Waals surface area contributed by atoms with Crippen LogP contribution in [-0.2, 0) is 9.53 Å². The Bertz CT molecular complexity index is 468. The number of amides is 1. The van der Waals surface area contributed by atoms with Gasteiger partial charge in [-0.2, -0.15) is 0 Å². The second-order valence-corrected chi connectivity index (χ2v) is 5.82. The molecular formula is C17H28N4O2. The molecule has 1 saturated heterocycles. The number of carbonyl (C=O) groups is 1. The maximum absolute atomic E-state index is 12.0. The Morgan fingerprint density at radius 1 is 1.30 bits per heavy atom. The molecule has 0 aliphatic carbocycles. The van der Waals surface area contributed by atoms with E-state index in [1.807, 2.05) is 26.0 Å². The molecule has 6 nitrogen and oxygen atoms in total. The second-order valence-electron chi connectivity index (χ2n) is 5.82. The van der Waals surface area contributed by atoms with E-state index in [4.69, 9.17) is 4.74 Å². The van der Waals surface area contributed by atoms with Crippen molar-refractivity contribution >= 4 is 17.4 Å². The molecule has 1 amide bonds. The number of nitrogens with zero attached hydrogens (tertiary/aromatic N) is 2. The summed E-state index contributed by atoms with van der Waals surface area (Å²) < 4.78 is 5.34. The van der Waals surface area contributed by atoms with Gasteiger partial charge in [0.1, 0.15) is 5.82 Å². The van der Waals surface area contributed by atoms with Crippen molar-refractivity contribution in [1.29, 1.82) is 0 Å². The van der Waals surface area contributed by atoms with Crippen LogP contribution in [0.2, 0.25) is 0 Å². The summed E-state index contributed by atoms with van der Waals surface area (Å²) >= 11 is 0. The van der Waals surface area contributed by atoms with Crippen molar-refractivity contribution < 1.29 is 9.53 Å². The average Bonchev–Trinajstić information content (AvgIpc) is 2.58. The van der Waals surface area contributed by atoms with E-state index >= 15 is 0 Å². The van der Waals surface area contributed by atoms with Crippen molar-refractivity contribution in [3.05, 3.63) is 18.3 Å². The first-order valence-corrected chi connectivity index (χ1v) is 8.53. The van der Waals surface area contributed by atoms with E-state index in [-0.39, 0.29) is 11.8 Å². The van der Waals surface area contributed by atoms with Crippen LogP contribution in [0.15, 0.2) is 18.3 Å². The number of carbonyl (C=O) groups excluding carboxylic acids is 1. The fraction of sp³-hybridized carbons (Fsp3) is 0.647. The number of hydrogen-bond acceptors (Lipinski definition) is 5. The summed E-state index contributed by atoms with van der Waals surface area (Å²) in [6, 6.07) is 3.80. The third-order valence-electron chi connectivity index (χ3n) is 4.23. The Morgan fingerprint density at radius 3 is 2.65 bits per heavy atom. The van der Waals surface area contributed by atoms with Gasteiger partial charge in [-0.3, -0.25) is 9.69 Å². The number of rotatable bonds is 8. The predicted octanol–water partition coefficient (Wildman–Crippen LogP) is 2.20. The highest BCUT2D eigenvalue weighted by atomic mass is 16.5. The second kappa shape index (κ2) is 9.47. The summed E-state index contributed by atoms with van der Waals surface area (Å²) in [6.45, 7) is 9.59. The Kier molecular flexibility index (Phi) is 7.29. The fourth-order valence-corrected chi connectivity index (χ4v) is 2.64. The topological polar surface area (TPSA) is 66.5 Å². The van der Waals surface area contributed by atoms with E-state index in [0.717, 1.165) is 57.9 Å². The zero-order valence-corrected chi connectivity index (χ0v) is 14.2. The standard InChI is InChI=1S/C17H28N4O2/c1-3-14(4-2)17(22)20-16-6-5-15(13-19-16)18-7-8-21-9-11-23-12-10-21/h5-6,13-14,18H,3-4,7-12H2,1-2H3,(H,19,20,22). The van der Waals surface area contributed by atoms with Crippen LogP contribution in [0.5, 0.6) is 0 Å². The molecule has 0 aromatic carbocycles. The van der Waals surface area contributed by atoms with Crippen molar-refractivity contribution in [2.45, 2.75) is 26.7 Å². The molecule has 23 heavy (non-hydrogen) atoms. The third-order valence-corrected chi connectivity index (χ3v) is 4.23. The molecule has 1 aliphatic rings. The Hall–Kier alpha value is -1.66. The van der Waals surface area contributed by atoms with Gasteiger partial charge in [-0.1, -0.05) is 13.8 Å². The van der Waals surface area contributed by atoms with Crippen LogP contribution in [0.3, 0.4) is 0 Å². The monoisotopic (exact) mass is 320 g/mol. The van der Waals surface area contributed by atoms with Gasteiger partial charge >= 0.3 is 0 Å². The van der Waals surface area contributed by atoms with Gasteiger partial charge in [0.05, 0.1) is 25.1 Å². The molecular weight excluding hydrogens is 292 g/mol. The molecule has 0 radical (unpaired) electrons.